The summed E-state index contributed by atoms with van der Waals surface area (Å²) in [6.07, 6.45) is 0. The lowest BCUT2D eigenvalue weighted by atomic mass is 10.1. The number of benzene rings is 1. The second-order valence-corrected chi connectivity index (χ2v) is 4.32. The lowest BCUT2D eigenvalue weighted by molar-refractivity contribution is 0.300. The van der Waals surface area contributed by atoms with Crippen molar-refractivity contribution in [2.45, 2.75) is 19.9 Å². The maximum absolute atomic E-state index is 9.26. The molecule has 0 aliphatic carbocycles. The summed E-state index contributed by atoms with van der Waals surface area (Å²) in [5.74, 6) is 0.781. The Morgan fingerprint density at radius 3 is 2.68 bits per heavy atom. The molecular weight excluding hydrogens is 238 g/mol. The predicted molar refractivity (Wildman–Crippen MR) is 77.1 cm³/mol. The van der Waals surface area contributed by atoms with Crippen LogP contribution in [0.4, 0.5) is 0 Å². The Balaban J connectivity index is 2.56. The number of ether oxygens (including phenoxy) is 1. The zero-order chi connectivity index (χ0) is 14.1. The number of hydrogen-bond donors (Lipinski definition) is 1. The van der Waals surface area contributed by atoms with E-state index >= 15 is 0 Å². The number of nitrogens with zero attached hydrogens (tertiary/aromatic N) is 2. The lowest BCUT2D eigenvalue weighted by Gasteiger charge is -2.19. The number of likely N-dealkylation sites (N-methyl/N-ethyl adjacent to an activating group) is 1. The summed E-state index contributed by atoms with van der Waals surface area (Å²) < 4.78 is 5.18. The summed E-state index contributed by atoms with van der Waals surface area (Å²) in [6.45, 7) is 8.12. The highest BCUT2D eigenvalue weighted by Gasteiger charge is 2.10. The fourth-order valence-electron chi connectivity index (χ4n) is 1.97. The molecule has 1 atom stereocenters. The standard InChI is InChI=1S/C15H23N3O/c1-4-18(5-2)10-9-17-15(12-16)13-7-6-8-14(11-13)19-3/h6-8,11,15,17H,4-5,9-10H2,1-3H3. The van der Waals surface area contributed by atoms with Crippen LogP contribution in [-0.4, -0.2) is 38.2 Å². The first kappa shape index (κ1) is 15.5. The Kier molecular flexibility index (Phi) is 6.94. The Morgan fingerprint density at radius 1 is 1.37 bits per heavy atom. The van der Waals surface area contributed by atoms with Crippen molar-refractivity contribution >= 4 is 0 Å². The first-order valence-corrected chi connectivity index (χ1v) is 6.74. The van der Waals surface area contributed by atoms with E-state index in [0.29, 0.717) is 0 Å². The van der Waals surface area contributed by atoms with Crippen LogP contribution in [-0.2, 0) is 0 Å². The van der Waals surface area contributed by atoms with Gasteiger partial charge in [0, 0.05) is 13.1 Å². The molecule has 0 aromatic heterocycles. The molecule has 0 radical (unpaired) electrons. The zero-order valence-corrected chi connectivity index (χ0v) is 12.0. The van der Waals surface area contributed by atoms with Gasteiger partial charge in [0.15, 0.2) is 0 Å². The molecule has 1 aromatic carbocycles. The third-order valence-corrected chi connectivity index (χ3v) is 3.23. The summed E-state index contributed by atoms with van der Waals surface area (Å²) in [6, 6.07) is 9.64. The van der Waals surface area contributed by atoms with Crippen molar-refractivity contribution in [2.75, 3.05) is 33.3 Å². The summed E-state index contributed by atoms with van der Waals surface area (Å²) in [4.78, 5) is 2.33. The van der Waals surface area contributed by atoms with Crippen LogP contribution >= 0.6 is 0 Å². The van der Waals surface area contributed by atoms with Gasteiger partial charge in [0.2, 0.25) is 0 Å². The van der Waals surface area contributed by atoms with Crippen molar-refractivity contribution in [1.82, 2.24) is 10.2 Å². The Bertz CT molecular complexity index is 410. The van der Waals surface area contributed by atoms with Crippen molar-refractivity contribution in [3.8, 4) is 11.8 Å². The van der Waals surface area contributed by atoms with E-state index in [-0.39, 0.29) is 6.04 Å². The molecule has 0 aliphatic rings. The third kappa shape index (κ3) is 4.90. The van der Waals surface area contributed by atoms with Crippen LogP contribution in [0, 0.1) is 11.3 Å². The van der Waals surface area contributed by atoms with E-state index in [0.717, 1.165) is 37.5 Å². The molecule has 1 aromatic rings. The highest BCUT2D eigenvalue weighted by Crippen LogP contribution is 2.18. The molecule has 104 valence electrons. The molecule has 0 fully saturated rings. The third-order valence-electron chi connectivity index (χ3n) is 3.23. The number of rotatable bonds is 8. The molecule has 1 N–H and O–H groups in total. The van der Waals surface area contributed by atoms with Crippen LogP contribution in [0.15, 0.2) is 24.3 Å². The molecule has 0 heterocycles. The van der Waals surface area contributed by atoms with Crippen molar-refractivity contribution in [3.05, 3.63) is 29.8 Å². The second kappa shape index (κ2) is 8.52. The molecule has 0 saturated heterocycles. The summed E-state index contributed by atoms with van der Waals surface area (Å²) in [7, 11) is 1.63. The van der Waals surface area contributed by atoms with Gasteiger partial charge in [0.25, 0.3) is 0 Å². The highest BCUT2D eigenvalue weighted by molar-refractivity contribution is 5.32. The summed E-state index contributed by atoms with van der Waals surface area (Å²) in [5, 5.41) is 12.5. The Hall–Kier alpha value is -1.57. The topological polar surface area (TPSA) is 48.3 Å². The van der Waals surface area contributed by atoms with Crippen LogP contribution < -0.4 is 10.1 Å². The van der Waals surface area contributed by atoms with Crippen molar-refractivity contribution in [2.24, 2.45) is 0 Å². The van der Waals surface area contributed by atoms with Gasteiger partial charge < -0.3 is 9.64 Å². The largest absolute Gasteiger partial charge is 0.497 e. The van der Waals surface area contributed by atoms with Gasteiger partial charge in [-0.3, -0.25) is 5.32 Å². The maximum Gasteiger partial charge on any atom is 0.121 e. The molecule has 19 heavy (non-hydrogen) atoms. The zero-order valence-electron chi connectivity index (χ0n) is 12.0. The normalized spacial score (nSPS) is 12.2. The molecule has 1 rings (SSSR count). The first-order valence-electron chi connectivity index (χ1n) is 6.74. The van der Waals surface area contributed by atoms with E-state index in [1.165, 1.54) is 0 Å². The minimum Gasteiger partial charge on any atom is -0.497 e. The lowest BCUT2D eigenvalue weighted by Crippen LogP contribution is -2.33. The summed E-state index contributed by atoms with van der Waals surface area (Å²) >= 11 is 0. The molecule has 0 saturated carbocycles. The fraction of sp³-hybridized carbons (Fsp3) is 0.533. The molecule has 1 unspecified atom stereocenters. The fourth-order valence-corrected chi connectivity index (χ4v) is 1.97. The van der Waals surface area contributed by atoms with Gasteiger partial charge >= 0.3 is 0 Å². The molecular formula is C15H23N3O. The SMILES string of the molecule is CCN(CC)CCNC(C#N)c1cccc(OC)c1. The van der Waals surface area contributed by atoms with E-state index in [2.05, 4.69) is 30.1 Å². The van der Waals surface area contributed by atoms with E-state index < -0.39 is 0 Å². The number of nitriles is 1. The highest BCUT2D eigenvalue weighted by atomic mass is 16.5. The monoisotopic (exact) mass is 261 g/mol. The van der Waals surface area contributed by atoms with Crippen LogP contribution in [0.3, 0.4) is 0 Å². The minimum atomic E-state index is -0.286. The van der Waals surface area contributed by atoms with Gasteiger partial charge in [-0.25, -0.2) is 0 Å². The van der Waals surface area contributed by atoms with Gasteiger partial charge in [0.1, 0.15) is 11.8 Å². The molecule has 0 bridgehead atoms. The molecule has 0 aliphatic heterocycles. The van der Waals surface area contributed by atoms with Gasteiger partial charge in [-0.1, -0.05) is 26.0 Å². The van der Waals surface area contributed by atoms with E-state index in [4.69, 9.17) is 4.74 Å². The van der Waals surface area contributed by atoms with Crippen molar-refractivity contribution < 1.29 is 4.74 Å². The van der Waals surface area contributed by atoms with Crippen molar-refractivity contribution in [3.63, 3.8) is 0 Å². The van der Waals surface area contributed by atoms with Gasteiger partial charge in [-0.15, -0.1) is 0 Å². The van der Waals surface area contributed by atoms with E-state index in [9.17, 15) is 5.26 Å². The smallest absolute Gasteiger partial charge is 0.121 e. The molecule has 0 amide bonds. The number of methoxy groups -OCH3 is 1. The Labute approximate surface area is 116 Å². The van der Waals surface area contributed by atoms with Gasteiger partial charge in [-0.05, 0) is 30.8 Å². The quantitative estimate of drug-likeness (QED) is 0.779. The average molecular weight is 261 g/mol. The predicted octanol–water partition coefficient (Wildman–Crippen LogP) is 2.19. The van der Waals surface area contributed by atoms with Crippen LogP contribution in [0.1, 0.15) is 25.5 Å². The van der Waals surface area contributed by atoms with E-state index in [1.54, 1.807) is 7.11 Å². The molecule has 4 heteroatoms. The number of nitrogens with one attached hydrogen (secondary N) is 1. The maximum atomic E-state index is 9.26. The van der Waals surface area contributed by atoms with Crippen molar-refractivity contribution in [1.29, 1.82) is 5.26 Å². The van der Waals surface area contributed by atoms with Gasteiger partial charge in [0.05, 0.1) is 13.2 Å². The number of hydrogen-bond acceptors (Lipinski definition) is 4. The molecule has 0 spiro atoms. The van der Waals surface area contributed by atoms with Crippen LogP contribution in [0.5, 0.6) is 5.75 Å². The first-order chi connectivity index (χ1) is 9.24. The van der Waals surface area contributed by atoms with Crippen LogP contribution in [0.25, 0.3) is 0 Å². The second-order valence-electron chi connectivity index (χ2n) is 4.32. The molecule has 4 nitrogen and oxygen atoms in total. The average Bonchev–Trinajstić information content (AvgIpc) is 2.47. The van der Waals surface area contributed by atoms with Crippen LogP contribution in [0.2, 0.25) is 0 Å². The van der Waals surface area contributed by atoms with Gasteiger partial charge in [-0.2, -0.15) is 5.26 Å². The van der Waals surface area contributed by atoms with E-state index in [1.807, 2.05) is 24.3 Å². The summed E-state index contributed by atoms with van der Waals surface area (Å²) in [5.41, 5.74) is 0.946. The minimum absolute atomic E-state index is 0.286. The Morgan fingerprint density at radius 2 is 2.11 bits per heavy atom.